The maximum absolute atomic E-state index is 12.1. The van der Waals surface area contributed by atoms with E-state index in [1.54, 1.807) is 18.2 Å². The van der Waals surface area contributed by atoms with Crippen molar-refractivity contribution in [2.45, 2.75) is 6.92 Å². The zero-order valence-electron chi connectivity index (χ0n) is 10.1. The van der Waals surface area contributed by atoms with Crippen molar-refractivity contribution in [3.8, 4) is 5.75 Å². The van der Waals surface area contributed by atoms with Crippen LogP contribution >= 0.6 is 23.2 Å². The molecule has 0 saturated heterocycles. The average molecular weight is 296 g/mol. The molecule has 0 unspecified atom stereocenters. The quantitative estimate of drug-likeness (QED) is 0.813. The van der Waals surface area contributed by atoms with Gasteiger partial charge in [-0.05, 0) is 36.8 Å². The lowest BCUT2D eigenvalue weighted by atomic mass is 10.1. The molecule has 2 N–H and O–H groups in total. The number of aromatic hydroxyl groups is 1. The Bertz CT molecular complexity index is 641. The van der Waals surface area contributed by atoms with Crippen molar-refractivity contribution in [2.24, 2.45) is 0 Å². The first kappa shape index (κ1) is 13.7. The van der Waals surface area contributed by atoms with Crippen LogP contribution in [0.1, 0.15) is 15.9 Å². The summed E-state index contributed by atoms with van der Waals surface area (Å²) in [6, 6.07) is 9.50. The lowest BCUT2D eigenvalue weighted by Crippen LogP contribution is -2.12. The molecular weight excluding hydrogens is 285 g/mol. The molecule has 98 valence electrons. The molecule has 2 rings (SSSR count). The second-order valence-corrected chi connectivity index (χ2v) is 4.92. The number of hydrogen-bond donors (Lipinski definition) is 2. The highest BCUT2D eigenvalue weighted by atomic mass is 35.5. The molecule has 0 saturated carbocycles. The Morgan fingerprint density at radius 3 is 2.47 bits per heavy atom. The Hall–Kier alpha value is -1.71. The van der Waals surface area contributed by atoms with Crippen molar-refractivity contribution in [1.29, 1.82) is 0 Å². The minimum atomic E-state index is -0.349. The molecule has 0 heterocycles. The number of phenols is 1. The van der Waals surface area contributed by atoms with Gasteiger partial charge in [-0.2, -0.15) is 0 Å². The van der Waals surface area contributed by atoms with Gasteiger partial charge in [-0.3, -0.25) is 4.79 Å². The van der Waals surface area contributed by atoms with Gasteiger partial charge < -0.3 is 10.4 Å². The van der Waals surface area contributed by atoms with Gasteiger partial charge >= 0.3 is 0 Å². The molecule has 0 atom stereocenters. The fourth-order valence-corrected chi connectivity index (χ4v) is 2.14. The monoisotopic (exact) mass is 295 g/mol. The standard InChI is InChI=1S/C14H11Cl2NO2/c1-8-2-4-10(11(15)6-8)14(19)17-13-5-3-9(18)7-12(13)16/h2-7,18H,1H3,(H,17,19). The normalized spacial score (nSPS) is 10.3. The third kappa shape index (κ3) is 3.19. The molecule has 0 aliphatic heterocycles. The van der Waals surface area contributed by atoms with E-state index in [0.29, 0.717) is 16.3 Å². The molecule has 0 aliphatic carbocycles. The van der Waals surface area contributed by atoms with Gasteiger partial charge in [-0.1, -0.05) is 29.3 Å². The molecule has 1 amide bonds. The highest BCUT2D eigenvalue weighted by molar-refractivity contribution is 6.36. The minimum absolute atomic E-state index is 0.0383. The first-order valence-corrected chi connectivity index (χ1v) is 6.29. The van der Waals surface area contributed by atoms with Gasteiger partial charge in [-0.25, -0.2) is 0 Å². The highest BCUT2D eigenvalue weighted by Gasteiger charge is 2.12. The first-order chi connectivity index (χ1) is 8.97. The summed E-state index contributed by atoms with van der Waals surface area (Å²) in [5.74, 6) is -0.311. The Kier molecular flexibility index (Phi) is 3.98. The fourth-order valence-electron chi connectivity index (χ4n) is 1.60. The van der Waals surface area contributed by atoms with Crippen LogP contribution in [0.2, 0.25) is 10.0 Å². The van der Waals surface area contributed by atoms with E-state index in [0.717, 1.165) is 5.56 Å². The second-order valence-electron chi connectivity index (χ2n) is 4.10. The van der Waals surface area contributed by atoms with Gasteiger partial charge in [0.2, 0.25) is 0 Å². The second kappa shape index (κ2) is 5.51. The van der Waals surface area contributed by atoms with E-state index in [2.05, 4.69) is 5.32 Å². The summed E-state index contributed by atoms with van der Waals surface area (Å²) in [6.07, 6.45) is 0. The van der Waals surface area contributed by atoms with Crippen LogP contribution in [-0.2, 0) is 0 Å². The van der Waals surface area contributed by atoms with E-state index in [9.17, 15) is 9.90 Å². The number of aryl methyl sites for hydroxylation is 1. The number of halogens is 2. The SMILES string of the molecule is Cc1ccc(C(=O)Nc2ccc(O)cc2Cl)c(Cl)c1. The van der Waals surface area contributed by atoms with Crippen LogP contribution in [0.3, 0.4) is 0 Å². The zero-order valence-corrected chi connectivity index (χ0v) is 11.6. The third-order valence-corrected chi connectivity index (χ3v) is 3.20. The fraction of sp³-hybridized carbons (Fsp3) is 0.0714. The van der Waals surface area contributed by atoms with Gasteiger partial charge in [0.15, 0.2) is 0 Å². The smallest absolute Gasteiger partial charge is 0.257 e. The summed E-state index contributed by atoms with van der Waals surface area (Å²) in [5.41, 5.74) is 1.77. The van der Waals surface area contributed by atoms with E-state index in [1.165, 1.54) is 18.2 Å². The predicted octanol–water partition coefficient (Wildman–Crippen LogP) is 4.26. The number of rotatable bonds is 2. The zero-order chi connectivity index (χ0) is 14.0. The molecule has 0 bridgehead atoms. The molecule has 0 aliphatic rings. The van der Waals surface area contributed by atoms with E-state index in [4.69, 9.17) is 23.2 Å². The van der Waals surface area contributed by atoms with Gasteiger partial charge in [0, 0.05) is 6.07 Å². The Balaban J connectivity index is 2.25. The predicted molar refractivity (Wildman–Crippen MR) is 77.3 cm³/mol. The van der Waals surface area contributed by atoms with Crippen molar-refractivity contribution in [1.82, 2.24) is 0 Å². The molecule has 2 aromatic carbocycles. The van der Waals surface area contributed by atoms with Crippen LogP contribution < -0.4 is 5.32 Å². The van der Waals surface area contributed by atoms with Gasteiger partial charge in [0.05, 0.1) is 21.3 Å². The summed E-state index contributed by atoms with van der Waals surface area (Å²) in [7, 11) is 0. The number of nitrogens with one attached hydrogen (secondary N) is 1. The number of amides is 1. The molecule has 0 fully saturated rings. The summed E-state index contributed by atoms with van der Waals surface area (Å²) in [5, 5.41) is 12.5. The van der Waals surface area contributed by atoms with E-state index >= 15 is 0 Å². The van der Waals surface area contributed by atoms with Crippen LogP contribution in [0.4, 0.5) is 5.69 Å². The molecular formula is C14H11Cl2NO2. The summed E-state index contributed by atoms with van der Waals surface area (Å²) >= 11 is 11.9. The number of benzene rings is 2. The molecule has 3 nitrogen and oxygen atoms in total. The molecule has 5 heteroatoms. The molecule has 19 heavy (non-hydrogen) atoms. The summed E-state index contributed by atoms with van der Waals surface area (Å²) in [6.45, 7) is 1.89. The van der Waals surface area contributed by atoms with Crippen LogP contribution in [0.15, 0.2) is 36.4 Å². The van der Waals surface area contributed by atoms with Crippen LogP contribution in [0.25, 0.3) is 0 Å². The van der Waals surface area contributed by atoms with Crippen molar-refractivity contribution < 1.29 is 9.90 Å². The van der Waals surface area contributed by atoms with Crippen molar-refractivity contribution in [2.75, 3.05) is 5.32 Å². The maximum atomic E-state index is 12.1. The Morgan fingerprint density at radius 2 is 1.84 bits per heavy atom. The topological polar surface area (TPSA) is 49.3 Å². The average Bonchev–Trinajstić information content (AvgIpc) is 2.32. The van der Waals surface area contributed by atoms with Gasteiger partial charge in [0.1, 0.15) is 5.75 Å². The largest absolute Gasteiger partial charge is 0.508 e. The van der Waals surface area contributed by atoms with Crippen LogP contribution in [0, 0.1) is 6.92 Å². The van der Waals surface area contributed by atoms with Crippen molar-refractivity contribution in [3.05, 3.63) is 57.6 Å². The van der Waals surface area contributed by atoms with Gasteiger partial charge in [-0.15, -0.1) is 0 Å². The lowest BCUT2D eigenvalue weighted by molar-refractivity contribution is 0.102. The minimum Gasteiger partial charge on any atom is -0.508 e. The molecule has 0 aromatic heterocycles. The number of phenolic OH excluding ortho intramolecular Hbond substituents is 1. The van der Waals surface area contributed by atoms with Crippen molar-refractivity contribution in [3.63, 3.8) is 0 Å². The highest BCUT2D eigenvalue weighted by Crippen LogP contribution is 2.27. The summed E-state index contributed by atoms with van der Waals surface area (Å²) < 4.78 is 0. The lowest BCUT2D eigenvalue weighted by Gasteiger charge is -2.09. The van der Waals surface area contributed by atoms with E-state index < -0.39 is 0 Å². The van der Waals surface area contributed by atoms with Crippen LogP contribution in [0.5, 0.6) is 5.75 Å². The number of carbonyl (C=O) groups excluding carboxylic acids is 1. The van der Waals surface area contributed by atoms with E-state index in [-0.39, 0.29) is 16.7 Å². The first-order valence-electron chi connectivity index (χ1n) is 5.53. The number of anilines is 1. The summed E-state index contributed by atoms with van der Waals surface area (Å²) in [4.78, 5) is 12.1. The van der Waals surface area contributed by atoms with E-state index in [1.807, 2.05) is 6.92 Å². The van der Waals surface area contributed by atoms with Crippen LogP contribution in [-0.4, -0.2) is 11.0 Å². The molecule has 0 spiro atoms. The number of carbonyl (C=O) groups is 1. The Morgan fingerprint density at radius 1 is 1.11 bits per heavy atom. The van der Waals surface area contributed by atoms with Gasteiger partial charge in [0.25, 0.3) is 5.91 Å². The van der Waals surface area contributed by atoms with Crippen molar-refractivity contribution >= 4 is 34.8 Å². The third-order valence-electron chi connectivity index (χ3n) is 2.57. The maximum Gasteiger partial charge on any atom is 0.257 e. The Labute approximate surface area is 120 Å². The molecule has 0 radical (unpaired) electrons. The number of hydrogen-bond acceptors (Lipinski definition) is 2. The molecule has 2 aromatic rings.